The standard InChI is InChI=1S/C14H10Br2FN3O3/c1-18-19-7-8-4-14(11(16)6-10(8)15)23-13-3-2-9(20(21)22)5-12(13)17/h2-7,18H,1H3/b19-7+. The smallest absolute Gasteiger partial charge is 0.272 e. The number of nitro benzene ring substituents is 1. The van der Waals surface area contributed by atoms with Crippen molar-refractivity contribution in [1.29, 1.82) is 0 Å². The zero-order valence-electron chi connectivity index (χ0n) is 11.7. The normalized spacial score (nSPS) is 10.8. The van der Waals surface area contributed by atoms with Crippen LogP contribution in [-0.2, 0) is 0 Å². The monoisotopic (exact) mass is 445 g/mol. The SMILES string of the molecule is CN/N=C/c1cc(Oc2ccc([N+](=O)[O-])cc2F)c(Br)cc1Br. The fourth-order valence-electron chi connectivity index (χ4n) is 1.66. The summed E-state index contributed by atoms with van der Waals surface area (Å²) in [5, 5.41) is 14.5. The van der Waals surface area contributed by atoms with Crippen LogP contribution in [0.2, 0.25) is 0 Å². The molecule has 0 spiro atoms. The lowest BCUT2D eigenvalue weighted by atomic mass is 10.2. The minimum atomic E-state index is -0.820. The van der Waals surface area contributed by atoms with Gasteiger partial charge in [0.25, 0.3) is 5.69 Å². The molecule has 2 aromatic carbocycles. The molecule has 9 heteroatoms. The Hall–Kier alpha value is -2.00. The number of nitro groups is 1. The van der Waals surface area contributed by atoms with E-state index in [0.717, 1.165) is 10.5 Å². The summed E-state index contributed by atoms with van der Waals surface area (Å²) in [5.74, 6) is -0.590. The quantitative estimate of drug-likeness (QED) is 0.413. The first-order chi connectivity index (χ1) is 10.9. The summed E-state index contributed by atoms with van der Waals surface area (Å²) < 4.78 is 20.8. The van der Waals surface area contributed by atoms with Crippen LogP contribution >= 0.6 is 31.9 Å². The number of benzene rings is 2. The second kappa shape index (κ2) is 7.51. The number of hydrogen-bond donors (Lipinski definition) is 1. The number of rotatable bonds is 5. The topological polar surface area (TPSA) is 76.8 Å². The molecular weight excluding hydrogens is 437 g/mol. The molecule has 0 heterocycles. The third-order valence-electron chi connectivity index (χ3n) is 2.73. The van der Waals surface area contributed by atoms with Crippen LogP contribution < -0.4 is 10.2 Å². The molecule has 0 aliphatic rings. The number of nitrogens with one attached hydrogen (secondary N) is 1. The van der Waals surface area contributed by atoms with Crippen LogP contribution in [0.4, 0.5) is 10.1 Å². The lowest BCUT2D eigenvalue weighted by Crippen LogP contribution is -1.97. The zero-order chi connectivity index (χ0) is 17.0. The molecule has 2 aromatic rings. The molecule has 0 aromatic heterocycles. The molecule has 23 heavy (non-hydrogen) atoms. The highest BCUT2D eigenvalue weighted by atomic mass is 79.9. The van der Waals surface area contributed by atoms with Gasteiger partial charge in [0.05, 0.1) is 21.7 Å². The summed E-state index contributed by atoms with van der Waals surface area (Å²) in [6.07, 6.45) is 1.57. The third kappa shape index (κ3) is 4.26. The maximum Gasteiger partial charge on any atom is 0.272 e. The Morgan fingerprint density at radius 1 is 1.26 bits per heavy atom. The van der Waals surface area contributed by atoms with Crippen molar-refractivity contribution < 1.29 is 14.1 Å². The largest absolute Gasteiger partial charge is 0.453 e. The Labute approximate surface area is 147 Å². The number of halogens is 3. The molecule has 2 rings (SSSR count). The average Bonchev–Trinajstić information content (AvgIpc) is 2.50. The Morgan fingerprint density at radius 2 is 2.00 bits per heavy atom. The lowest BCUT2D eigenvalue weighted by Gasteiger charge is -2.10. The minimum Gasteiger partial charge on any atom is -0.453 e. The van der Waals surface area contributed by atoms with E-state index in [-0.39, 0.29) is 11.4 Å². The first kappa shape index (κ1) is 17.4. The van der Waals surface area contributed by atoms with Crippen molar-refractivity contribution in [3.63, 3.8) is 0 Å². The molecule has 0 bridgehead atoms. The summed E-state index contributed by atoms with van der Waals surface area (Å²) in [7, 11) is 1.66. The van der Waals surface area contributed by atoms with Gasteiger partial charge in [0.1, 0.15) is 5.75 Å². The third-order valence-corrected chi connectivity index (χ3v) is 4.04. The van der Waals surface area contributed by atoms with Gasteiger partial charge in [0.15, 0.2) is 11.6 Å². The summed E-state index contributed by atoms with van der Waals surface area (Å²) in [6.45, 7) is 0. The summed E-state index contributed by atoms with van der Waals surface area (Å²) >= 11 is 6.71. The molecule has 0 saturated heterocycles. The van der Waals surface area contributed by atoms with E-state index >= 15 is 0 Å². The number of hydrazone groups is 1. The number of nitrogens with zero attached hydrogens (tertiary/aromatic N) is 2. The lowest BCUT2D eigenvalue weighted by molar-refractivity contribution is -0.385. The minimum absolute atomic E-state index is 0.116. The Balaban J connectivity index is 2.36. The van der Waals surface area contributed by atoms with E-state index in [1.165, 1.54) is 12.1 Å². The van der Waals surface area contributed by atoms with Gasteiger partial charge in [-0.3, -0.25) is 10.1 Å². The number of non-ortho nitro benzene ring substituents is 1. The van der Waals surface area contributed by atoms with Gasteiger partial charge in [-0.2, -0.15) is 5.10 Å². The van der Waals surface area contributed by atoms with Crippen molar-refractivity contribution in [2.24, 2.45) is 5.10 Å². The van der Waals surface area contributed by atoms with Crippen molar-refractivity contribution in [3.8, 4) is 11.5 Å². The number of hydrogen-bond acceptors (Lipinski definition) is 5. The van der Waals surface area contributed by atoms with E-state index in [0.29, 0.717) is 15.8 Å². The molecule has 120 valence electrons. The summed E-state index contributed by atoms with van der Waals surface area (Å²) in [5.41, 5.74) is 2.99. The van der Waals surface area contributed by atoms with Crippen LogP contribution in [0.5, 0.6) is 11.5 Å². The van der Waals surface area contributed by atoms with Crippen molar-refractivity contribution in [2.75, 3.05) is 7.05 Å². The Morgan fingerprint density at radius 3 is 2.61 bits per heavy atom. The van der Waals surface area contributed by atoms with Gasteiger partial charge in [-0.05, 0) is 34.1 Å². The fourth-order valence-corrected chi connectivity index (χ4v) is 2.84. The molecule has 0 aliphatic carbocycles. The molecule has 0 saturated carbocycles. The van der Waals surface area contributed by atoms with Crippen LogP contribution in [-0.4, -0.2) is 18.2 Å². The fraction of sp³-hybridized carbons (Fsp3) is 0.0714. The van der Waals surface area contributed by atoms with Gasteiger partial charge in [0, 0.05) is 23.2 Å². The van der Waals surface area contributed by atoms with Gasteiger partial charge < -0.3 is 10.2 Å². The molecule has 6 nitrogen and oxygen atoms in total. The van der Waals surface area contributed by atoms with Crippen LogP contribution in [0.1, 0.15) is 5.56 Å². The van der Waals surface area contributed by atoms with Crippen LogP contribution in [0, 0.1) is 15.9 Å². The van der Waals surface area contributed by atoms with Gasteiger partial charge in [-0.25, -0.2) is 4.39 Å². The molecule has 0 unspecified atom stereocenters. The maximum absolute atomic E-state index is 13.9. The molecule has 0 amide bonds. The summed E-state index contributed by atoms with van der Waals surface area (Å²) in [4.78, 5) is 9.95. The van der Waals surface area contributed by atoms with Crippen LogP contribution in [0.25, 0.3) is 0 Å². The van der Waals surface area contributed by atoms with Gasteiger partial charge in [-0.15, -0.1) is 0 Å². The van der Waals surface area contributed by atoms with Gasteiger partial charge >= 0.3 is 0 Å². The van der Waals surface area contributed by atoms with E-state index in [9.17, 15) is 14.5 Å². The highest BCUT2D eigenvalue weighted by Crippen LogP contribution is 2.35. The van der Waals surface area contributed by atoms with Gasteiger partial charge in [0.2, 0.25) is 0 Å². The molecule has 0 atom stereocenters. The molecule has 0 aliphatic heterocycles. The molecule has 0 fully saturated rings. The van der Waals surface area contributed by atoms with Crippen molar-refractivity contribution >= 4 is 43.8 Å². The summed E-state index contributed by atoms with van der Waals surface area (Å²) in [6, 6.07) is 6.58. The second-order valence-electron chi connectivity index (χ2n) is 4.26. The van der Waals surface area contributed by atoms with Crippen LogP contribution in [0.3, 0.4) is 0 Å². The highest BCUT2D eigenvalue weighted by Gasteiger charge is 2.14. The van der Waals surface area contributed by atoms with Crippen molar-refractivity contribution in [2.45, 2.75) is 0 Å². The van der Waals surface area contributed by atoms with E-state index < -0.39 is 10.7 Å². The van der Waals surface area contributed by atoms with Crippen molar-refractivity contribution in [1.82, 2.24) is 5.43 Å². The first-order valence-corrected chi connectivity index (χ1v) is 7.81. The molecule has 0 radical (unpaired) electrons. The average molecular weight is 447 g/mol. The van der Waals surface area contributed by atoms with Crippen molar-refractivity contribution in [3.05, 3.63) is 60.8 Å². The zero-order valence-corrected chi connectivity index (χ0v) is 14.9. The van der Waals surface area contributed by atoms with Crippen LogP contribution in [0.15, 0.2) is 44.4 Å². The van der Waals surface area contributed by atoms with E-state index in [4.69, 9.17) is 4.74 Å². The Kier molecular flexibility index (Phi) is 5.67. The Bertz CT molecular complexity index is 784. The predicted molar refractivity (Wildman–Crippen MR) is 91.6 cm³/mol. The number of ether oxygens (including phenoxy) is 1. The molecule has 1 N–H and O–H groups in total. The van der Waals surface area contributed by atoms with E-state index in [2.05, 4.69) is 42.4 Å². The highest BCUT2D eigenvalue weighted by molar-refractivity contribution is 9.11. The van der Waals surface area contributed by atoms with Gasteiger partial charge in [-0.1, -0.05) is 15.9 Å². The second-order valence-corrected chi connectivity index (χ2v) is 5.97. The predicted octanol–water partition coefficient (Wildman–Crippen LogP) is 4.60. The first-order valence-electron chi connectivity index (χ1n) is 6.23. The van der Waals surface area contributed by atoms with E-state index in [1.54, 1.807) is 25.4 Å². The van der Waals surface area contributed by atoms with E-state index in [1.807, 2.05) is 0 Å². The maximum atomic E-state index is 13.9. The molecular formula is C14H10Br2FN3O3.